The summed E-state index contributed by atoms with van der Waals surface area (Å²) in [4.78, 5) is 24.0. The summed E-state index contributed by atoms with van der Waals surface area (Å²) in [6, 6.07) is 16.7. The Bertz CT molecular complexity index is 668. The molecular weight excluding hydrogens is 324 g/mol. The number of rotatable bonds is 8. The average Bonchev–Trinajstić information content (AvgIpc) is 2.65. The average molecular weight is 344 g/mol. The van der Waals surface area contributed by atoms with E-state index >= 15 is 0 Å². The lowest BCUT2D eigenvalue weighted by atomic mass is 10.0. The van der Waals surface area contributed by atoms with E-state index in [2.05, 4.69) is 0 Å². The van der Waals surface area contributed by atoms with Crippen molar-refractivity contribution in [3.8, 4) is 5.75 Å². The first kappa shape index (κ1) is 18.1. The smallest absolute Gasteiger partial charge is 0.315 e. The number of thioether (sulfide) groups is 1. The second kappa shape index (κ2) is 9.13. The maximum Gasteiger partial charge on any atom is 0.315 e. The number of carbonyl (C=O) groups excluding carboxylic acids is 2. The van der Waals surface area contributed by atoms with Gasteiger partial charge in [-0.1, -0.05) is 42.5 Å². The number of carbonyl (C=O) groups is 2. The van der Waals surface area contributed by atoms with Crippen molar-refractivity contribution in [2.75, 3.05) is 20.0 Å². The molecule has 2 aromatic rings. The normalized spacial score (nSPS) is 11.6. The zero-order chi connectivity index (χ0) is 17.4. The van der Waals surface area contributed by atoms with Crippen LogP contribution >= 0.6 is 11.8 Å². The largest absolute Gasteiger partial charge is 0.497 e. The van der Waals surface area contributed by atoms with E-state index in [1.54, 1.807) is 19.2 Å². The van der Waals surface area contributed by atoms with E-state index in [1.165, 1.54) is 18.9 Å². The second-order valence-electron chi connectivity index (χ2n) is 5.14. The Morgan fingerprint density at radius 2 is 1.67 bits per heavy atom. The third-order valence-electron chi connectivity index (χ3n) is 3.58. The predicted molar refractivity (Wildman–Crippen MR) is 95.6 cm³/mol. The molecule has 0 radical (unpaired) electrons. The number of benzene rings is 2. The number of hydrogen-bond acceptors (Lipinski definition) is 5. The lowest BCUT2D eigenvalue weighted by molar-refractivity contribution is -0.137. The van der Waals surface area contributed by atoms with Crippen LogP contribution in [-0.4, -0.2) is 31.7 Å². The number of ketones is 1. The maximum absolute atomic E-state index is 12.5. The summed E-state index contributed by atoms with van der Waals surface area (Å²) < 4.78 is 9.86. The van der Waals surface area contributed by atoms with E-state index in [0.717, 1.165) is 11.3 Å². The number of methoxy groups -OCH3 is 2. The van der Waals surface area contributed by atoms with E-state index < -0.39 is 0 Å². The Morgan fingerprint density at radius 3 is 2.25 bits per heavy atom. The van der Waals surface area contributed by atoms with Crippen LogP contribution in [0.4, 0.5) is 0 Å². The summed E-state index contributed by atoms with van der Waals surface area (Å²) in [5.41, 5.74) is 1.66. The molecule has 0 aromatic heterocycles. The molecule has 0 amide bonds. The van der Waals surface area contributed by atoms with Gasteiger partial charge in [0.25, 0.3) is 0 Å². The molecule has 0 saturated carbocycles. The molecule has 0 aliphatic carbocycles. The highest BCUT2D eigenvalue weighted by Gasteiger charge is 2.19. The van der Waals surface area contributed by atoms with Crippen LogP contribution in [0.15, 0.2) is 54.6 Å². The monoisotopic (exact) mass is 344 g/mol. The quantitative estimate of drug-likeness (QED) is 0.537. The first-order valence-corrected chi connectivity index (χ1v) is 8.59. The molecule has 0 spiro atoms. The Labute approximate surface area is 146 Å². The van der Waals surface area contributed by atoms with Gasteiger partial charge in [-0.3, -0.25) is 9.59 Å². The molecule has 2 aromatic carbocycles. The van der Waals surface area contributed by atoms with Gasteiger partial charge in [-0.05, 0) is 17.7 Å². The molecule has 0 fully saturated rings. The zero-order valence-electron chi connectivity index (χ0n) is 13.7. The highest BCUT2D eigenvalue weighted by Crippen LogP contribution is 2.34. The van der Waals surface area contributed by atoms with Crippen molar-refractivity contribution in [2.45, 2.75) is 11.7 Å². The molecule has 0 heterocycles. The summed E-state index contributed by atoms with van der Waals surface area (Å²) in [6.45, 7) is 0. The summed E-state index contributed by atoms with van der Waals surface area (Å²) >= 11 is 1.41. The molecule has 0 saturated heterocycles. The van der Waals surface area contributed by atoms with Crippen LogP contribution in [0.5, 0.6) is 5.75 Å². The van der Waals surface area contributed by atoms with Crippen LogP contribution in [-0.2, 0) is 9.53 Å². The molecule has 2 rings (SSSR count). The molecule has 126 valence electrons. The van der Waals surface area contributed by atoms with Crippen LogP contribution < -0.4 is 4.74 Å². The predicted octanol–water partition coefficient (Wildman–Crippen LogP) is 3.92. The van der Waals surface area contributed by atoms with Crippen molar-refractivity contribution in [1.82, 2.24) is 0 Å². The molecule has 0 aliphatic rings. The second-order valence-corrected chi connectivity index (χ2v) is 6.33. The van der Waals surface area contributed by atoms with Gasteiger partial charge in [0.1, 0.15) is 5.75 Å². The number of ether oxygens (including phenoxy) is 2. The van der Waals surface area contributed by atoms with Gasteiger partial charge < -0.3 is 9.47 Å². The van der Waals surface area contributed by atoms with Crippen molar-refractivity contribution < 1.29 is 19.1 Å². The molecule has 0 N–H and O–H groups in total. The van der Waals surface area contributed by atoms with Gasteiger partial charge in [-0.25, -0.2) is 0 Å². The molecule has 0 unspecified atom stereocenters. The van der Waals surface area contributed by atoms with Crippen LogP contribution in [0.25, 0.3) is 0 Å². The van der Waals surface area contributed by atoms with Crippen molar-refractivity contribution in [2.24, 2.45) is 0 Å². The molecule has 1 atom stereocenters. The van der Waals surface area contributed by atoms with Crippen molar-refractivity contribution in [3.63, 3.8) is 0 Å². The van der Waals surface area contributed by atoms with E-state index in [0.29, 0.717) is 12.0 Å². The number of Topliss-reactive ketones (excluding diaryl/α,β-unsaturated/α-hetero) is 1. The third-order valence-corrected chi connectivity index (χ3v) is 4.83. The minimum atomic E-state index is -0.300. The summed E-state index contributed by atoms with van der Waals surface area (Å²) in [6.07, 6.45) is 0.317. The molecule has 24 heavy (non-hydrogen) atoms. The van der Waals surface area contributed by atoms with Crippen LogP contribution in [0, 0.1) is 0 Å². The van der Waals surface area contributed by atoms with Crippen LogP contribution in [0.2, 0.25) is 0 Å². The summed E-state index contributed by atoms with van der Waals surface area (Å²) in [5, 5.41) is -0.122. The van der Waals surface area contributed by atoms with Gasteiger partial charge in [0, 0.05) is 17.2 Å². The molecular formula is C19H20O4S. The third kappa shape index (κ3) is 5.13. The van der Waals surface area contributed by atoms with Crippen molar-refractivity contribution >= 4 is 23.5 Å². The first-order valence-electron chi connectivity index (χ1n) is 7.54. The fraction of sp³-hybridized carbons (Fsp3) is 0.263. The van der Waals surface area contributed by atoms with Gasteiger partial charge in [0.2, 0.25) is 0 Å². The highest BCUT2D eigenvalue weighted by atomic mass is 32.2. The number of hydrogen-bond donors (Lipinski definition) is 0. The van der Waals surface area contributed by atoms with E-state index in [4.69, 9.17) is 9.47 Å². The van der Waals surface area contributed by atoms with Gasteiger partial charge in [-0.2, -0.15) is 0 Å². The Balaban J connectivity index is 2.15. The van der Waals surface area contributed by atoms with Crippen molar-refractivity contribution in [3.05, 3.63) is 65.7 Å². The topological polar surface area (TPSA) is 52.6 Å². The lowest BCUT2D eigenvalue weighted by Gasteiger charge is -2.16. The van der Waals surface area contributed by atoms with Gasteiger partial charge in [0.15, 0.2) is 5.78 Å². The van der Waals surface area contributed by atoms with E-state index in [1.807, 2.05) is 42.5 Å². The van der Waals surface area contributed by atoms with Crippen molar-refractivity contribution in [1.29, 1.82) is 0 Å². The van der Waals surface area contributed by atoms with Gasteiger partial charge >= 0.3 is 5.97 Å². The molecule has 0 bridgehead atoms. The molecule has 4 nitrogen and oxygen atoms in total. The van der Waals surface area contributed by atoms with Gasteiger partial charge in [-0.15, -0.1) is 11.8 Å². The lowest BCUT2D eigenvalue weighted by Crippen LogP contribution is -2.09. The Morgan fingerprint density at radius 1 is 1.00 bits per heavy atom. The van der Waals surface area contributed by atoms with E-state index in [-0.39, 0.29) is 22.8 Å². The summed E-state index contributed by atoms with van der Waals surface area (Å²) in [5.74, 6) is 0.708. The fourth-order valence-corrected chi connectivity index (χ4v) is 3.30. The van der Waals surface area contributed by atoms with Gasteiger partial charge in [0.05, 0.1) is 20.0 Å². The molecule has 0 aliphatic heterocycles. The minimum absolute atomic E-state index is 0.0498. The standard InChI is InChI=1S/C19H20O4S/c1-22-16-10-8-15(9-11-16)18(24-13-19(21)23-2)12-17(20)14-6-4-3-5-7-14/h3-11,18H,12-13H2,1-2H3/t18-/m1/s1. The van der Waals surface area contributed by atoms with E-state index in [9.17, 15) is 9.59 Å². The first-order chi connectivity index (χ1) is 11.6. The maximum atomic E-state index is 12.5. The van der Waals surface area contributed by atoms with Crippen LogP contribution in [0.1, 0.15) is 27.6 Å². The van der Waals surface area contributed by atoms with Crippen LogP contribution in [0.3, 0.4) is 0 Å². The zero-order valence-corrected chi connectivity index (χ0v) is 14.5. The highest BCUT2D eigenvalue weighted by molar-refractivity contribution is 8.00. The minimum Gasteiger partial charge on any atom is -0.497 e. The summed E-state index contributed by atoms with van der Waals surface area (Å²) in [7, 11) is 2.97. The Hall–Kier alpha value is -2.27. The Kier molecular flexibility index (Phi) is 6.88. The SMILES string of the molecule is COC(=O)CS[C@H](CC(=O)c1ccccc1)c1ccc(OC)cc1. The number of esters is 1. The molecule has 5 heteroatoms. The fourth-order valence-electron chi connectivity index (χ4n) is 2.23.